The maximum absolute atomic E-state index is 13.5. The molecule has 3 rings (SSSR count). The first-order valence-corrected chi connectivity index (χ1v) is 10.7. The molecule has 2 atom stereocenters. The second-order valence-corrected chi connectivity index (χ2v) is 8.75. The lowest BCUT2D eigenvalue weighted by Crippen LogP contribution is -2.47. The van der Waals surface area contributed by atoms with Crippen LogP contribution in [0.2, 0.25) is 0 Å². The summed E-state index contributed by atoms with van der Waals surface area (Å²) in [4.78, 5) is 42.2. The number of hydrogen-bond donors (Lipinski definition) is 2. The molecule has 0 radical (unpaired) electrons. The maximum Gasteiger partial charge on any atom is 0.322 e. The highest BCUT2D eigenvalue weighted by Crippen LogP contribution is 2.38. The number of rotatable bonds is 7. The fraction of sp³-hybridized carbons (Fsp3) is 0.458. The zero-order chi connectivity index (χ0) is 22.9. The normalized spacial score (nSPS) is 19.5. The van der Waals surface area contributed by atoms with Gasteiger partial charge in [-0.2, -0.15) is 0 Å². The zero-order valence-corrected chi connectivity index (χ0v) is 19.0. The number of urea groups is 1. The van der Waals surface area contributed by atoms with Crippen molar-refractivity contribution in [3.8, 4) is 0 Å². The van der Waals surface area contributed by atoms with E-state index in [1.807, 2.05) is 45.9 Å². The van der Waals surface area contributed by atoms with Crippen molar-refractivity contribution in [1.29, 1.82) is 0 Å². The van der Waals surface area contributed by atoms with E-state index in [-0.39, 0.29) is 24.4 Å². The average molecular weight is 425 g/mol. The number of aryl methyl sites for hydroxylation is 2. The molecule has 0 aromatic heterocycles. The van der Waals surface area contributed by atoms with E-state index < -0.39 is 12.1 Å². The van der Waals surface area contributed by atoms with Gasteiger partial charge in [-0.15, -0.1) is 6.58 Å². The average Bonchev–Trinajstić information content (AvgIpc) is 3.05. The van der Waals surface area contributed by atoms with Crippen molar-refractivity contribution in [1.82, 2.24) is 20.4 Å². The Bertz CT molecular complexity index is 950. The third kappa shape index (κ3) is 4.36. The minimum atomic E-state index is -0.641. The Hall–Kier alpha value is -3.09. The van der Waals surface area contributed by atoms with Crippen LogP contribution in [0.5, 0.6) is 0 Å². The Morgan fingerprint density at radius 2 is 2.00 bits per heavy atom. The molecule has 2 heterocycles. The molecule has 2 N–H and O–H groups in total. The summed E-state index contributed by atoms with van der Waals surface area (Å²) in [5.41, 5.74) is 4.17. The molecule has 4 amide bonds. The first kappa shape index (κ1) is 22.6. The molecule has 1 aromatic carbocycles. The van der Waals surface area contributed by atoms with Gasteiger partial charge in [-0.05, 0) is 37.8 Å². The smallest absolute Gasteiger partial charge is 0.322 e. The predicted octanol–water partition coefficient (Wildman–Crippen LogP) is 2.81. The van der Waals surface area contributed by atoms with Crippen LogP contribution in [0.15, 0.2) is 42.1 Å². The van der Waals surface area contributed by atoms with Crippen molar-refractivity contribution < 1.29 is 14.4 Å². The lowest BCUT2D eigenvalue weighted by atomic mass is 9.91. The van der Waals surface area contributed by atoms with E-state index in [4.69, 9.17) is 0 Å². The van der Waals surface area contributed by atoms with Gasteiger partial charge in [-0.25, -0.2) is 4.79 Å². The van der Waals surface area contributed by atoms with Crippen LogP contribution < -0.4 is 10.6 Å². The minimum absolute atomic E-state index is 0.195. The molecule has 0 saturated carbocycles. The molecule has 0 bridgehead atoms. The van der Waals surface area contributed by atoms with Gasteiger partial charge in [0, 0.05) is 13.1 Å². The Balaban J connectivity index is 1.97. The van der Waals surface area contributed by atoms with Crippen molar-refractivity contribution in [2.45, 2.75) is 46.7 Å². The SMILES string of the molecule is C=CCN1C(=O)NC(c2ccc(C)cc2C)C2=C1CN(C(C)C(=O)NCC(C)C)C2=O. The second kappa shape index (κ2) is 8.96. The van der Waals surface area contributed by atoms with Gasteiger partial charge < -0.3 is 15.5 Å². The molecular formula is C24H32N4O3. The molecule has 7 nitrogen and oxygen atoms in total. The van der Waals surface area contributed by atoms with Crippen LogP contribution in [0.3, 0.4) is 0 Å². The number of benzene rings is 1. The van der Waals surface area contributed by atoms with Gasteiger partial charge >= 0.3 is 6.03 Å². The highest BCUT2D eigenvalue weighted by atomic mass is 16.2. The number of carbonyl (C=O) groups excluding carboxylic acids is 3. The standard InChI is InChI=1S/C24H32N4O3/c1-7-10-27-19-13-28(17(6)22(29)25-12-14(2)3)23(30)20(19)21(26-24(27)31)18-9-8-15(4)11-16(18)5/h7-9,11,14,17,21H,1,10,12-13H2,2-6H3,(H,25,29)(H,26,31). The van der Waals surface area contributed by atoms with Gasteiger partial charge in [-0.1, -0.05) is 43.7 Å². The van der Waals surface area contributed by atoms with Crippen LogP contribution >= 0.6 is 0 Å². The van der Waals surface area contributed by atoms with Crippen molar-refractivity contribution in [2.75, 3.05) is 19.6 Å². The highest BCUT2D eigenvalue weighted by molar-refractivity contribution is 6.03. The summed E-state index contributed by atoms with van der Waals surface area (Å²) in [6.45, 7) is 14.5. The summed E-state index contributed by atoms with van der Waals surface area (Å²) in [7, 11) is 0. The number of amides is 4. The molecule has 2 unspecified atom stereocenters. The largest absolute Gasteiger partial charge is 0.354 e. The monoisotopic (exact) mass is 424 g/mol. The van der Waals surface area contributed by atoms with E-state index in [0.717, 1.165) is 16.7 Å². The van der Waals surface area contributed by atoms with Crippen molar-refractivity contribution >= 4 is 17.8 Å². The van der Waals surface area contributed by atoms with Crippen LogP contribution in [-0.2, 0) is 9.59 Å². The van der Waals surface area contributed by atoms with E-state index in [2.05, 4.69) is 17.2 Å². The molecule has 0 aliphatic carbocycles. The van der Waals surface area contributed by atoms with Crippen molar-refractivity contribution in [3.05, 3.63) is 58.8 Å². The van der Waals surface area contributed by atoms with Crippen LogP contribution in [0.1, 0.15) is 43.5 Å². The van der Waals surface area contributed by atoms with Gasteiger partial charge in [0.2, 0.25) is 5.91 Å². The quantitative estimate of drug-likeness (QED) is 0.661. The third-order valence-corrected chi connectivity index (χ3v) is 5.83. The first-order valence-electron chi connectivity index (χ1n) is 10.7. The topological polar surface area (TPSA) is 81.8 Å². The summed E-state index contributed by atoms with van der Waals surface area (Å²) in [5.74, 6) is -0.101. The predicted molar refractivity (Wildman–Crippen MR) is 120 cm³/mol. The number of nitrogens with zero attached hydrogens (tertiary/aromatic N) is 2. The summed E-state index contributed by atoms with van der Waals surface area (Å²) in [6, 6.07) is 4.51. The van der Waals surface area contributed by atoms with Crippen LogP contribution in [0, 0.1) is 19.8 Å². The molecule has 0 saturated heterocycles. The number of carbonyl (C=O) groups is 3. The Kier molecular flexibility index (Phi) is 6.53. The molecule has 2 aliphatic rings. The second-order valence-electron chi connectivity index (χ2n) is 8.75. The molecule has 7 heteroatoms. The van der Waals surface area contributed by atoms with Crippen LogP contribution in [0.25, 0.3) is 0 Å². The Morgan fingerprint density at radius 1 is 1.29 bits per heavy atom. The Labute approximate surface area is 184 Å². The minimum Gasteiger partial charge on any atom is -0.354 e. The van der Waals surface area contributed by atoms with Crippen LogP contribution in [-0.4, -0.2) is 53.3 Å². The van der Waals surface area contributed by atoms with Gasteiger partial charge in [0.1, 0.15) is 6.04 Å². The molecule has 166 valence electrons. The van der Waals surface area contributed by atoms with Crippen molar-refractivity contribution in [2.24, 2.45) is 5.92 Å². The van der Waals surface area contributed by atoms with E-state index in [0.29, 0.717) is 30.3 Å². The van der Waals surface area contributed by atoms with E-state index in [1.165, 1.54) is 0 Å². The molecule has 0 spiro atoms. The lowest BCUT2D eigenvalue weighted by Gasteiger charge is -2.33. The molecular weight excluding hydrogens is 392 g/mol. The Morgan fingerprint density at radius 3 is 2.61 bits per heavy atom. The zero-order valence-electron chi connectivity index (χ0n) is 19.0. The van der Waals surface area contributed by atoms with E-state index in [9.17, 15) is 14.4 Å². The summed E-state index contributed by atoms with van der Waals surface area (Å²) >= 11 is 0. The van der Waals surface area contributed by atoms with Gasteiger partial charge in [-0.3, -0.25) is 14.5 Å². The number of nitrogens with one attached hydrogen (secondary N) is 2. The fourth-order valence-electron chi connectivity index (χ4n) is 4.13. The summed E-state index contributed by atoms with van der Waals surface area (Å²) in [5, 5.41) is 5.89. The van der Waals surface area contributed by atoms with Gasteiger partial charge in [0.25, 0.3) is 5.91 Å². The van der Waals surface area contributed by atoms with Crippen molar-refractivity contribution in [3.63, 3.8) is 0 Å². The third-order valence-electron chi connectivity index (χ3n) is 5.83. The lowest BCUT2D eigenvalue weighted by molar-refractivity contribution is -0.135. The fourth-order valence-corrected chi connectivity index (χ4v) is 4.13. The molecule has 2 aliphatic heterocycles. The van der Waals surface area contributed by atoms with Gasteiger partial charge in [0.05, 0.1) is 23.9 Å². The summed E-state index contributed by atoms with van der Waals surface area (Å²) in [6.07, 6.45) is 1.63. The van der Waals surface area contributed by atoms with E-state index in [1.54, 1.807) is 22.8 Å². The molecule has 1 aromatic rings. The molecule has 31 heavy (non-hydrogen) atoms. The molecule has 0 fully saturated rings. The highest BCUT2D eigenvalue weighted by Gasteiger charge is 2.46. The summed E-state index contributed by atoms with van der Waals surface area (Å²) < 4.78 is 0. The first-order chi connectivity index (χ1) is 14.6. The van der Waals surface area contributed by atoms with Crippen LogP contribution in [0.4, 0.5) is 4.79 Å². The van der Waals surface area contributed by atoms with Gasteiger partial charge in [0.15, 0.2) is 0 Å². The maximum atomic E-state index is 13.5. The van der Waals surface area contributed by atoms with E-state index >= 15 is 0 Å². The number of hydrogen-bond acceptors (Lipinski definition) is 3.